The zero-order chi connectivity index (χ0) is 23.2. The quantitative estimate of drug-likeness (QED) is 0.392. The van der Waals surface area contributed by atoms with Crippen LogP contribution in [0.1, 0.15) is 39.5 Å². The molecular formula is C24H23N5O4. The number of para-hydroxylation sites is 2. The summed E-state index contributed by atoms with van der Waals surface area (Å²) >= 11 is 0. The zero-order valence-electron chi connectivity index (χ0n) is 17.7. The minimum atomic E-state index is -1.21. The van der Waals surface area contributed by atoms with Crippen molar-refractivity contribution < 1.29 is 19.5 Å². The molecule has 168 valence electrons. The number of carbonyl (C=O) groups excluding carboxylic acids is 2. The van der Waals surface area contributed by atoms with Crippen molar-refractivity contribution in [3.8, 4) is 0 Å². The van der Waals surface area contributed by atoms with Gasteiger partial charge in [0.05, 0.1) is 17.4 Å². The van der Waals surface area contributed by atoms with Gasteiger partial charge in [-0.1, -0.05) is 18.2 Å². The van der Waals surface area contributed by atoms with Crippen LogP contribution in [0, 0.1) is 0 Å². The second-order valence-electron chi connectivity index (χ2n) is 7.62. The first kappa shape index (κ1) is 21.8. The van der Waals surface area contributed by atoms with E-state index in [1.165, 1.54) is 0 Å². The van der Waals surface area contributed by atoms with E-state index in [1.54, 1.807) is 42.7 Å². The summed E-state index contributed by atoms with van der Waals surface area (Å²) in [5, 5.41) is 19.8. The van der Waals surface area contributed by atoms with Gasteiger partial charge in [0.2, 0.25) is 0 Å². The number of urea groups is 1. The zero-order valence-corrected chi connectivity index (χ0v) is 17.7. The summed E-state index contributed by atoms with van der Waals surface area (Å²) in [5.74, 6) is -0.344. The number of anilines is 2. The third-order valence-corrected chi connectivity index (χ3v) is 5.41. The Hall–Kier alpha value is -4.40. The number of benzene rings is 2. The molecule has 1 heterocycles. The highest BCUT2D eigenvalue weighted by Crippen LogP contribution is 2.32. The largest absolute Gasteiger partial charge is 0.465 e. The Morgan fingerprint density at radius 3 is 2.42 bits per heavy atom. The molecule has 0 radical (unpaired) electrons. The van der Waals surface area contributed by atoms with E-state index in [4.69, 9.17) is 5.11 Å². The third kappa shape index (κ3) is 5.45. The molecule has 4 rings (SSSR count). The average Bonchev–Trinajstić information content (AvgIpc) is 3.21. The number of amides is 4. The average molecular weight is 445 g/mol. The fourth-order valence-electron chi connectivity index (χ4n) is 3.81. The van der Waals surface area contributed by atoms with Crippen LogP contribution < -0.4 is 21.3 Å². The first-order valence-corrected chi connectivity index (χ1v) is 10.5. The molecule has 9 heteroatoms. The van der Waals surface area contributed by atoms with Gasteiger partial charge in [0.25, 0.3) is 5.91 Å². The Kier molecular flexibility index (Phi) is 6.49. The standard InChI is InChI=1S/C24H23N5O4/c30-22(27-20-3-1-2-4-21(20)29-24(32)33)17-5-7-18-16(13-17)6-8-19(18)28-23(31)26-14-15-9-11-25-12-10-15/h1-5,7,9-13,19,29H,6,8,14H2,(H,27,30)(H,32,33)(H2,26,28,31). The van der Waals surface area contributed by atoms with Crippen molar-refractivity contribution >= 4 is 29.4 Å². The number of hydrogen-bond acceptors (Lipinski definition) is 4. The number of pyridine rings is 1. The maximum Gasteiger partial charge on any atom is 0.409 e. The first-order chi connectivity index (χ1) is 16.0. The number of rotatable bonds is 6. The van der Waals surface area contributed by atoms with Crippen LogP contribution in [0.3, 0.4) is 0 Å². The Labute approximate surface area is 190 Å². The fraction of sp³-hybridized carbons (Fsp3) is 0.167. The molecule has 9 nitrogen and oxygen atoms in total. The number of nitrogens with one attached hydrogen (secondary N) is 4. The predicted octanol–water partition coefficient (Wildman–Crippen LogP) is 3.91. The number of nitrogens with zero attached hydrogens (tertiary/aromatic N) is 1. The highest BCUT2D eigenvalue weighted by molar-refractivity contribution is 6.07. The maximum atomic E-state index is 12.8. The van der Waals surface area contributed by atoms with Crippen molar-refractivity contribution in [2.45, 2.75) is 25.4 Å². The topological polar surface area (TPSA) is 132 Å². The van der Waals surface area contributed by atoms with Crippen molar-refractivity contribution in [2.75, 3.05) is 10.6 Å². The molecule has 0 spiro atoms. The van der Waals surface area contributed by atoms with Crippen LogP contribution >= 0.6 is 0 Å². The summed E-state index contributed by atoms with van der Waals surface area (Å²) in [6.07, 6.45) is 3.63. The molecule has 2 aromatic carbocycles. The minimum Gasteiger partial charge on any atom is -0.465 e. The second kappa shape index (κ2) is 9.82. The van der Waals surface area contributed by atoms with Gasteiger partial charge in [0, 0.05) is 24.5 Å². The molecule has 4 amide bonds. The van der Waals surface area contributed by atoms with E-state index in [0.717, 1.165) is 29.5 Å². The van der Waals surface area contributed by atoms with Crippen molar-refractivity contribution in [2.24, 2.45) is 0 Å². The molecule has 33 heavy (non-hydrogen) atoms. The van der Waals surface area contributed by atoms with Gasteiger partial charge in [-0.3, -0.25) is 15.1 Å². The summed E-state index contributed by atoms with van der Waals surface area (Å²) < 4.78 is 0. The number of carboxylic acid groups (broad SMARTS) is 1. The highest BCUT2D eigenvalue weighted by Gasteiger charge is 2.25. The van der Waals surface area contributed by atoms with Crippen molar-refractivity contribution in [3.05, 3.63) is 89.2 Å². The summed E-state index contributed by atoms with van der Waals surface area (Å²) in [4.78, 5) is 40.0. The van der Waals surface area contributed by atoms with Gasteiger partial charge in [0.15, 0.2) is 0 Å². The predicted molar refractivity (Wildman–Crippen MR) is 123 cm³/mol. The van der Waals surface area contributed by atoms with Crippen molar-refractivity contribution in [1.82, 2.24) is 15.6 Å². The van der Waals surface area contributed by atoms with Gasteiger partial charge in [-0.2, -0.15) is 0 Å². The molecule has 3 aromatic rings. The summed E-state index contributed by atoms with van der Waals surface area (Å²) in [7, 11) is 0. The molecule has 0 saturated carbocycles. The molecule has 0 bridgehead atoms. The van der Waals surface area contributed by atoms with Crippen LogP contribution in [0.15, 0.2) is 67.0 Å². The van der Waals surface area contributed by atoms with Crippen LogP contribution in [-0.2, 0) is 13.0 Å². The van der Waals surface area contributed by atoms with Gasteiger partial charge in [-0.05, 0) is 65.9 Å². The molecule has 1 aliphatic carbocycles. The van der Waals surface area contributed by atoms with Gasteiger partial charge in [-0.15, -0.1) is 0 Å². The maximum absolute atomic E-state index is 12.8. The van der Waals surface area contributed by atoms with E-state index < -0.39 is 6.09 Å². The van der Waals surface area contributed by atoms with Crippen LogP contribution in [0.5, 0.6) is 0 Å². The van der Waals surface area contributed by atoms with E-state index in [-0.39, 0.29) is 18.0 Å². The van der Waals surface area contributed by atoms with Gasteiger partial charge >= 0.3 is 12.1 Å². The second-order valence-corrected chi connectivity index (χ2v) is 7.62. The van der Waals surface area contributed by atoms with Gasteiger partial charge < -0.3 is 21.1 Å². The van der Waals surface area contributed by atoms with Crippen LogP contribution in [-0.4, -0.2) is 28.1 Å². The van der Waals surface area contributed by atoms with Crippen LogP contribution in [0.4, 0.5) is 21.0 Å². The van der Waals surface area contributed by atoms with Crippen LogP contribution in [0.2, 0.25) is 0 Å². The number of hydrogen-bond donors (Lipinski definition) is 5. The lowest BCUT2D eigenvalue weighted by Crippen LogP contribution is -2.36. The first-order valence-electron chi connectivity index (χ1n) is 10.5. The van der Waals surface area contributed by atoms with E-state index in [0.29, 0.717) is 23.5 Å². The number of aromatic nitrogens is 1. The smallest absolute Gasteiger partial charge is 0.409 e. The molecule has 0 fully saturated rings. The molecule has 1 unspecified atom stereocenters. The Morgan fingerprint density at radius 2 is 1.70 bits per heavy atom. The summed E-state index contributed by atoms with van der Waals surface area (Å²) in [5.41, 5.74) is 4.07. The summed E-state index contributed by atoms with van der Waals surface area (Å²) in [6, 6.07) is 15.3. The number of fused-ring (bicyclic) bond motifs is 1. The molecule has 1 atom stereocenters. The Balaban J connectivity index is 1.39. The minimum absolute atomic E-state index is 0.130. The molecule has 0 saturated heterocycles. The molecule has 1 aromatic heterocycles. The van der Waals surface area contributed by atoms with Crippen LogP contribution in [0.25, 0.3) is 0 Å². The molecule has 0 aliphatic heterocycles. The van der Waals surface area contributed by atoms with E-state index in [2.05, 4.69) is 26.3 Å². The molecule has 1 aliphatic rings. The normalized spacial score (nSPS) is 14.1. The monoisotopic (exact) mass is 445 g/mol. The third-order valence-electron chi connectivity index (χ3n) is 5.41. The number of aryl methyl sites for hydroxylation is 1. The number of carbonyl (C=O) groups is 3. The highest BCUT2D eigenvalue weighted by atomic mass is 16.4. The van der Waals surface area contributed by atoms with E-state index in [1.807, 2.05) is 24.3 Å². The van der Waals surface area contributed by atoms with Gasteiger partial charge in [0.1, 0.15) is 0 Å². The Bertz CT molecular complexity index is 1180. The lowest BCUT2D eigenvalue weighted by Gasteiger charge is -2.15. The van der Waals surface area contributed by atoms with Gasteiger partial charge in [-0.25, -0.2) is 9.59 Å². The SMILES string of the molecule is O=C(O)Nc1ccccc1NC(=O)c1ccc2c(c1)CCC2NC(=O)NCc1ccncc1. The van der Waals surface area contributed by atoms with E-state index >= 15 is 0 Å². The van der Waals surface area contributed by atoms with Crippen molar-refractivity contribution in [1.29, 1.82) is 0 Å². The Morgan fingerprint density at radius 1 is 0.970 bits per heavy atom. The lowest BCUT2D eigenvalue weighted by atomic mass is 10.0. The van der Waals surface area contributed by atoms with E-state index in [9.17, 15) is 14.4 Å². The lowest BCUT2D eigenvalue weighted by molar-refractivity contribution is 0.102. The molecular weight excluding hydrogens is 422 g/mol. The van der Waals surface area contributed by atoms with Crippen molar-refractivity contribution in [3.63, 3.8) is 0 Å². The summed E-state index contributed by atoms with van der Waals surface area (Å²) in [6.45, 7) is 0.408. The molecule has 5 N–H and O–H groups in total. The fourth-order valence-corrected chi connectivity index (χ4v) is 3.81.